The van der Waals surface area contributed by atoms with Crippen LogP contribution in [0.25, 0.3) is 11.1 Å². The summed E-state index contributed by atoms with van der Waals surface area (Å²) in [5, 5.41) is 12.0. The van der Waals surface area contributed by atoms with Crippen LogP contribution in [0.5, 0.6) is 5.75 Å². The van der Waals surface area contributed by atoms with Crippen LogP contribution in [0.3, 0.4) is 0 Å². The van der Waals surface area contributed by atoms with Gasteiger partial charge in [0.15, 0.2) is 5.75 Å². The summed E-state index contributed by atoms with van der Waals surface area (Å²) in [6.45, 7) is 2.11. The summed E-state index contributed by atoms with van der Waals surface area (Å²) < 4.78 is 11.1. The fourth-order valence-electron chi connectivity index (χ4n) is 4.76. The number of para-hydroxylation sites is 1. The third-order valence-corrected chi connectivity index (χ3v) is 6.39. The van der Waals surface area contributed by atoms with Crippen molar-refractivity contribution in [1.29, 1.82) is 0 Å². The van der Waals surface area contributed by atoms with Crippen molar-refractivity contribution in [2.24, 2.45) is 0 Å². The number of benzene rings is 3. The molecule has 0 saturated heterocycles. The second-order valence-electron chi connectivity index (χ2n) is 8.49. The number of anilines is 1. The number of rotatable bonds is 5. The van der Waals surface area contributed by atoms with E-state index >= 15 is 0 Å². The number of carbonyl (C=O) groups excluding carboxylic acids is 2. The summed E-state index contributed by atoms with van der Waals surface area (Å²) in [5.74, 6) is -1.46. The molecule has 3 aromatic carbocycles. The number of aromatic carboxylic acids is 1. The quantitative estimate of drug-likeness (QED) is 0.581. The van der Waals surface area contributed by atoms with Gasteiger partial charge in [-0.25, -0.2) is 9.59 Å². The van der Waals surface area contributed by atoms with Crippen LogP contribution in [-0.4, -0.2) is 48.9 Å². The number of amides is 2. The Balaban J connectivity index is 1.26. The molecule has 1 aliphatic heterocycles. The molecule has 2 aliphatic rings. The monoisotopic (exact) mass is 472 g/mol. The van der Waals surface area contributed by atoms with E-state index in [-0.39, 0.29) is 42.9 Å². The van der Waals surface area contributed by atoms with Gasteiger partial charge in [0.05, 0.1) is 12.2 Å². The van der Waals surface area contributed by atoms with Crippen LogP contribution in [0, 0.1) is 0 Å². The van der Waals surface area contributed by atoms with Crippen molar-refractivity contribution in [3.63, 3.8) is 0 Å². The summed E-state index contributed by atoms with van der Waals surface area (Å²) in [6.07, 6.45) is -0.694. The van der Waals surface area contributed by atoms with E-state index in [2.05, 4.69) is 17.4 Å². The van der Waals surface area contributed by atoms with Gasteiger partial charge in [0, 0.05) is 5.92 Å². The molecule has 0 aromatic heterocycles. The van der Waals surface area contributed by atoms with E-state index in [1.165, 1.54) is 11.0 Å². The Kier molecular flexibility index (Phi) is 5.86. The largest absolute Gasteiger partial charge is 0.489 e. The van der Waals surface area contributed by atoms with Crippen LogP contribution < -0.4 is 15.0 Å². The van der Waals surface area contributed by atoms with Gasteiger partial charge in [0.25, 0.3) is 0 Å². The Morgan fingerprint density at radius 2 is 1.69 bits per heavy atom. The van der Waals surface area contributed by atoms with Gasteiger partial charge in [-0.2, -0.15) is 0 Å². The Bertz CT molecular complexity index is 1280. The molecule has 5 rings (SSSR count). The predicted molar refractivity (Wildman–Crippen MR) is 129 cm³/mol. The van der Waals surface area contributed by atoms with Crippen LogP contribution in [0.1, 0.15) is 34.3 Å². The van der Waals surface area contributed by atoms with Crippen molar-refractivity contribution in [1.82, 2.24) is 5.32 Å². The second kappa shape index (κ2) is 9.13. The minimum atomic E-state index is -1.14. The van der Waals surface area contributed by atoms with Crippen molar-refractivity contribution in [3.8, 4) is 16.9 Å². The summed E-state index contributed by atoms with van der Waals surface area (Å²) in [6, 6.07) is 19.8. The topological polar surface area (TPSA) is 105 Å². The van der Waals surface area contributed by atoms with E-state index in [4.69, 9.17) is 9.47 Å². The van der Waals surface area contributed by atoms with Gasteiger partial charge in [-0.05, 0) is 41.3 Å². The van der Waals surface area contributed by atoms with Crippen LogP contribution in [0.4, 0.5) is 10.5 Å². The maximum absolute atomic E-state index is 13.1. The minimum Gasteiger partial charge on any atom is -0.489 e. The molecule has 178 valence electrons. The Morgan fingerprint density at radius 3 is 2.34 bits per heavy atom. The van der Waals surface area contributed by atoms with Crippen molar-refractivity contribution in [3.05, 3.63) is 83.4 Å². The van der Waals surface area contributed by atoms with Gasteiger partial charge in [-0.15, -0.1) is 0 Å². The molecule has 8 nitrogen and oxygen atoms in total. The first-order valence-electron chi connectivity index (χ1n) is 11.4. The number of nitrogens with zero attached hydrogens (tertiary/aromatic N) is 1. The normalized spacial score (nSPS) is 14.7. The second-order valence-corrected chi connectivity index (χ2v) is 8.49. The van der Waals surface area contributed by atoms with Crippen molar-refractivity contribution < 1.29 is 29.0 Å². The third kappa shape index (κ3) is 4.07. The molecule has 0 unspecified atom stereocenters. The summed E-state index contributed by atoms with van der Waals surface area (Å²) in [4.78, 5) is 38.7. The lowest BCUT2D eigenvalue weighted by Crippen LogP contribution is -2.49. The number of ether oxygens (including phenoxy) is 2. The molecule has 0 saturated carbocycles. The highest BCUT2D eigenvalue weighted by Gasteiger charge is 2.32. The predicted octanol–water partition coefficient (Wildman–Crippen LogP) is 4.04. The fraction of sp³-hybridized carbons (Fsp3) is 0.222. The summed E-state index contributed by atoms with van der Waals surface area (Å²) in [5.41, 5.74) is 4.81. The van der Waals surface area contributed by atoms with Gasteiger partial charge in [0.2, 0.25) is 5.91 Å². The smallest absolute Gasteiger partial charge is 0.407 e. The molecule has 2 N–H and O–H groups in total. The average molecular weight is 472 g/mol. The van der Waals surface area contributed by atoms with E-state index in [9.17, 15) is 19.5 Å². The molecule has 2 amide bonds. The third-order valence-electron chi connectivity index (χ3n) is 6.39. The van der Waals surface area contributed by atoms with Gasteiger partial charge < -0.3 is 24.8 Å². The van der Waals surface area contributed by atoms with Crippen molar-refractivity contribution in [2.45, 2.75) is 18.9 Å². The first-order valence-corrected chi connectivity index (χ1v) is 11.4. The first kappa shape index (κ1) is 22.5. The molecule has 1 atom stereocenters. The van der Waals surface area contributed by atoms with Crippen LogP contribution in [-0.2, 0) is 9.53 Å². The van der Waals surface area contributed by atoms with E-state index in [1.807, 2.05) is 36.4 Å². The number of carbonyl (C=O) groups is 3. The zero-order chi connectivity index (χ0) is 24.5. The standard InChI is InChI=1S/C27H24N2O6/c1-16(25(30)29-13-14-34-24-21(26(31)32)11-6-12-23(24)29)28-27(33)35-15-22-19-9-4-2-7-17(19)18-8-3-5-10-20(18)22/h2-12,16,22H,13-15H2,1H3,(H,28,33)(H,31,32)/t16-/m0/s1. The van der Waals surface area contributed by atoms with Gasteiger partial charge in [-0.3, -0.25) is 4.79 Å². The van der Waals surface area contributed by atoms with E-state index in [1.54, 1.807) is 19.1 Å². The molecule has 0 fully saturated rings. The van der Waals surface area contributed by atoms with Gasteiger partial charge >= 0.3 is 12.1 Å². The lowest BCUT2D eigenvalue weighted by atomic mass is 9.98. The number of alkyl carbamates (subject to hydrolysis) is 1. The number of hydrogen-bond acceptors (Lipinski definition) is 5. The maximum Gasteiger partial charge on any atom is 0.407 e. The first-order chi connectivity index (χ1) is 17.0. The lowest BCUT2D eigenvalue weighted by Gasteiger charge is -2.32. The summed E-state index contributed by atoms with van der Waals surface area (Å²) >= 11 is 0. The molecule has 0 bridgehead atoms. The highest BCUT2D eigenvalue weighted by atomic mass is 16.5. The lowest BCUT2D eigenvalue weighted by molar-refractivity contribution is -0.120. The van der Waals surface area contributed by atoms with Crippen LogP contribution in [0.2, 0.25) is 0 Å². The highest BCUT2D eigenvalue weighted by molar-refractivity contribution is 6.02. The zero-order valence-corrected chi connectivity index (χ0v) is 19.1. The number of nitrogens with one attached hydrogen (secondary N) is 1. The number of carboxylic acid groups (broad SMARTS) is 1. The minimum absolute atomic E-state index is 0.0165. The number of fused-ring (bicyclic) bond motifs is 4. The average Bonchev–Trinajstić information content (AvgIpc) is 3.20. The van der Waals surface area contributed by atoms with Gasteiger partial charge in [0.1, 0.15) is 24.8 Å². The zero-order valence-electron chi connectivity index (χ0n) is 19.1. The molecule has 1 heterocycles. The molecule has 0 spiro atoms. The molecule has 3 aromatic rings. The van der Waals surface area contributed by atoms with Crippen LogP contribution >= 0.6 is 0 Å². The van der Waals surface area contributed by atoms with Crippen LogP contribution in [0.15, 0.2) is 66.7 Å². The van der Waals surface area contributed by atoms with E-state index in [0.29, 0.717) is 5.69 Å². The Morgan fingerprint density at radius 1 is 1.03 bits per heavy atom. The SMILES string of the molecule is C[C@H](NC(=O)OCC1c2ccccc2-c2ccccc21)C(=O)N1CCOc2c(C(=O)O)cccc21. The highest BCUT2D eigenvalue weighted by Crippen LogP contribution is 2.44. The Labute approximate surface area is 202 Å². The molecular weight excluding hydrogens is 448 g/mol. The number of carboxylic acids is 1. The molecule has 1 aliphatic carbocycles. The fourth-order valence-corrected chi connectivity index (χ4v) is 4.76. The number of hydrogen-bond donors (Lipinski definition) is 2. The molecule has 35 heavy (non-hydrogen) atoms. The van der Waals surface area contributed by atoms with Crippen molar-refractivity contribution >= 4 is 23.7 Å². The molecule has 0 radical (unpaired) electrons. The molecular formula is C27H24N2O6. The van der Waals surface area contributed by atoms with E-state index in [0.717, 1.165) is 22.3 Å². The van der Waals surface area contributed by atoms with Gasteiger partial charge in [-0.1, -0.05) is 54.6 Å². The Hall–Kier alpha value is -4.33. The van der Waals surface area contributed by atoms with E-state index < -0.39 is 18.1 Å². The van der Waals surface area contributed by atoms with Crippen molar-refractivity contribution in [2.75, 3.05) is 24.7 Å². The molecule has 8 heteroatoms. The maximum atomic E-state index is 13.1. The summed E-state index contributed by atoms with van der Waals surface area (Å²) in [7, 11) is 0.